The van der Waals surface area contributed by atoms with E-state index in [9.17, 15) is 4.79 Å². The number of rotatable bonds is 7. The van der Waals surface area contributed by atoms with Crippen LogP contribution in [-0.4, -0.2) is 36.1 Å². The molecule has 2 aromatic carbocycles. The van der Waals surface area contributed by atoms with E-state index in [1.165, 1.54) is 0 Å². The third-order valence-corrected chi connectivity index (χ3v) is 4.68. The highest BCUT2D eigenvalue weighted by Crippen LogP contribution is 2.24. The second-order valence-corrected chi connectivity index (χ2v) is 6.51. The second kappa shape index (κ2) is 8.04. The molecule has 2 amide bonds. The van der Waals surface area contributed by atoms with Crippen molar-refractivity contribution < 1.29 is 13.9 Å². The normalized spacial score (nSPS) is 13.5. The van der Waals surface area contributed by atoms with Gasteiger partial charge in [-0.25, -0.2) is 9.78 Å². The third-order valence-electron chi connectivity index (χ3n) is 4.68. The summed E-state index contributed by atoms with van der Waals surface area (Å²) in [6, 6.07) is 15.6. The Morgan fingerprint density at radius 1 is 1.21 bits per heavy atom. The van der Waals surface area contributed by atoms with Crippen LogP contribution in [0.2, 0.25) is 0 Å². The molecule has 1 saturated heterocycles. The summed E-state index contributed by atoms with van der Waals surface area (Å²) in [5.74, 6) is 2.11. The Kier molecular flexibility index (Phi) is 5.14. The molecule has 7 nitrogen and oxygen atoms in total. The molecule has 28 heavy (non-hydrogen) atoms. The van der Waals surface area contributed by atoms with E-state index < -0.39 is 0 Å². The fourth-order valence-corrected chi connectivity index (χ4v) is 3.15. The summed E-state index contributed by atoms with van der Waals surface area (Å²) < 4.78 is 11.0. The van der Waals surface area contributed by atoms with Crippen molar-refractivity contribution in [3.05, 3.63) is 66.2 Å². The summed E-state index contributed by atoms with van der Waals surface area (Å²) in [4.78, 5) is 18.0. The van der Waals surface area contributed by atoms with E-state index in [1.807, 2.05) is 48.5 Å². The fourth-order valence-electron chi connectivity index (χ4n) is 3.15. The van der Waals surface area contributed by atoms with Crippen molar-refractivity contribution in [1.82, 2.24) is 15.2 Å². The number of benzene rings is 2. The van der Waals surface area contributed by atoms with E-state index >= 15 is 0 Å². The first kappa shape index (κ1) is 17.9. The summed E-state index contributed by atoms with van der Waals surface area (Å²) in [7, 11) is 1.64. The number of carbonyl (C=O) groups excluding carboxylic acids is 1. The van der Waals surface area contributed by atoms with Crippen LogP contribution >= 0.6 is 0 Å². The minimum absolute atomic E-state index is 0.0216. The number of nitrogens with one attached hydrogen (secondary N) is 2. The first-order valence-corrected chi connectivity index (χ1v) is 9.16. The van der Waals surface area contributed by atoms with Crippen LogP contribution in [0, 0.1) is 0 Å². The summed E-state index contributed by atoms with van der Waals surface area (Å²) in [5, 5.41) is 6.19. The van der Waals surface area contributed by atoms with Crippen LogP contribution in [0.3, 0.4) is 0 Å². The largest absolute Gasteiger partial charge is 0.497 e. The highest BCUT2D eigenvalue weighted by molar-refractivity contribution is 5.76. The van der Waals surface area contributed by atoms with E-state index in [0.29, 0.717) is 31.3 Å². The zero-order chi connectivity index (χ0) is 19.3. The molecule has 0 bridgehead atoms. The number of hydrogen-bond donors (Lipinski definition) is 2. The van der Waals surface area contributed by atoms with Gasteiger partial charge in [0, 0.05) is 30.9 Å². The molecular weight excluding hydrogens is 356 g/mol. The average Bonchev–Trinajstić information content (AvgIpc) is 3.37. The van der Waals surface area contributed by atoms with Crippen molar-refractivity contribution in [2.24, 2.45) is 0 Å². The minimum atomic E-state index is -0.0216. The van der Waals surface area contributed by atoms with Crippen LogP contribution in [0.4, 0.5) is 10.5 Å². The average molecular weight is 378 g/mol. The van der Waals surface area contributed by atoms with Crippen molar-refractivity contribution in [3.63, 3.8) is 0 Å². The summed E-state index contributed by atoms with van der Waals surface area (Å²) >= 11 is 0. The fraction of sp³-hybridized carbons (Fsp3) is 0.238. The highest BCUT2D eigenvalue weighted by Gasteiger charge is 2.20. The quantitative estimate of drug-likeness (QED) is 0.658. The Morgan fingerprint density at radius 3 is 2.79 bits per heavy atom. The van der Waals surface area contributed by atoms with Crippen molar-refractivity contribution in [1.29, 1.82) is 0 Å². The maximum atomic E-state index is 11.8. The molecule has 7 heteroatoms. The molecular formula is C21H22N4O3. The predicted octanol–water partition coefficient (Wildman–Crippen LogP) is 3.49. The molecule has 1 fully saturated rings. The van der Waals surface area contributed by atoms with Crippen LogP contribution in [0.25, 0.3) is 11.3 Å². The van der Waals surface area contributed by atoms with Gasteiger partial charge in [0.05, 0.1) is 19.9 Å². The van der Waals surface area contributed by atoms with Crippen molar-refractivity contribution in [2.75, 3.05) is 25.5 Å². The van der Waals surface area contributed by atoms with Gasteiger partial charge in [0.2, 0.25) is 5.89 Å². The molecule has 0 atom stereocenters. The Hall–Kier alpha value is -3.48. The molecule has 0 radical (unpaired) electrons. The van der Waals surface area contributed by atoms with Crippen LogP contribution in [-0.2, 0) is 13.1 Å². The van der Waals surface area contributed by atoms with Gasteiger partial charge in [-0.3, -0.25) is 0 Å². The Labute approximate surface area is 163 Å². The third kappa shape index (κ3) is 3.93. The number of oxazole rings is 1. The lowest BCUT2D eigenvalue weighted by atomic mass is 10.1. The number of anilines is 1. The first-order valence-electron chi connectivity index (χ1n) is 9.16. The maximum Gasteiger partial charge on any atom is 0.317 e. The number of hydrogen-bond acceptors (Lipinski definition) is 5. The topological polar surface area (TPSA) is 79.6 Å². The maximum absolute atomic E-state index is 11.8. The van der Waals surface area contributed by atoms with E-state index in [2.05, 4.69) is 15.6 Å². The number of ether oxygens (including phenoxy) is 1. The van der Waals surface area contributed by atoms with Gasteiger partial charge in [0.15, 0.2) is 5.76 Å². The Morgan fingerprint density at radius 2 is 2.04 bits per heavy atom. The number of urea groups is 1. The molecule has 0 spiro atoms. The van der Waals surface area contributed by atoms with Gasteiger partial charge in [-0.05, 0) is 35.9 Å². The van der Waals surface area contributed by atoms with Gasteiger partial charge in [-0.2, -0.15) is 0 Å². The summed E-state index contributed by atoms with van der Waals surface area (Å²) in [6.07, 6.45) is 1.72. The van der Waals surface area contributed by atoms with Crippen LogP contribution in [0.1, 0.15) is 11.5 Å². The smallest absolute Gasteiger partial charge is 0.317 e. The van der Waals surface area contributed by atoms with Crippen LogP contribution in [0.5, 0.6) is 5.75 Å². The van der Waals surface area contributed by atoms with Crippen molar-refractivity contribution in [3.8, 4) is 17.1 Å². The van der Waals surface area contributed by atoms with E-state index in [-0.39, 0.29) is 6.03 Å². The lowest BCUT2D eigenvalue weighted by Crippen LogP contribution is -2.27. The van der Waals surface area contributed by atoms with Gasteiger partial charge >= 0.3 is 6.03 Å². The summed E-state index contributed by atoms with van der Waals surface area (Å²) in [6.45, 7) is 2.44. The molecule has 3 aromatic rings. The molecule has 0 aliphatic carbocycles. The van der Waals surface area contributed by atoms with Crippen molar-refractivity contribution in [2.45, 2.75) is 13.1 Å². The number of aromatic nitrogens is 1. The van der Waals surface area contributed by atoms with E-state index in [0.717, 1.165) is 29.1 Å². The molecule has 1 aromatic heterocycles. The monoisotopic (exact) mass is 378 g/mol. The minimum Gasteiger partial charge on any atom is -0.497 e. The molecule has 4 rings (SSSR count). The zero-order valence-corrected chi connectivity index (χ0v) is 15.6. The van der Waals surface area contributed by atoms with E-state index in [4.69, 9.17) is 9.15 Å². The highest BCUT2D eigenvalue weighted by atomic mass is 16.5. The van der Waals surface area contributed by atoms with E-state index in [1.54, 1.807) is 18.2 Å². The van der Waals surface area contributed by atoms with Gasteiger partial charge in [0.25, 0.3) is 0 Å². The molecule has 1 aliphatic rings. The number of methoxy groups -OCH3 is 1. The van der Waals surface area contributed by atoms with Gasteiger partial charge in [0.1, 0.15) is 5.75 Å². The molecule has 2 N–H and O–H groups in total. The predicted molar refractivity (Wildman–Crippen MR) is 106 cm³/mol. The second-order valence-electron chi connectivity index (χ2n) is 6.51. The molecule has 1 aliphatic heterocycles. The Balaban J connectivity index is 1.42. The van der Waals surface area contributed by atoms with Crippen LogP contribution in [0.15, 0.2) is 59.1 Å². The SMILES string of the molecule is COc1ccc(-c2cnc(CNc3ccccc3CN3CCNC3=O)o2)cc1. The van der Waals surface area contributed by atoms with Gasteiger partial charge in [-0.1, -0.05) is 18.2 Å². The number of amides is 2. The number of carbonyl (C=O) groups is 1. The molecule has 2 heterocycles. The van der Waals surface area contributed by atoms with Gasteiger partial charge < -0.3 is 24.7 Å². The molecule has 144 valence electrons. The van der Waals surface area contributed by atoms with Crippen molar-refractivity contribution >= 4 is 11.7 Å². The molecule has 0 unspecified atom stereocenters. The summed E-state index contributed by atoms with van der Waals surface area (Å²) in [5.41, 5.74) is 2.97. The van der Waals surface area contributed by atoms with Gasteiger partial charge in [-0.15, -0.1) is 0 Å². The van der Waals surface area contributed by atoms with Crippen LogP contribution < -0.4 is 15.4 Å². The lowest BCUT2D eigenvalue weighted by molar-refractivity contribution is 0.215. The first-order chi connectivity index (χ1) is 13.7. The zero-order valence-electron chi connectivity index (χ0n) is 15.6. The number of para-hydroxylation sites is 1. The lowest BCUT2D eigenvalue weighted by Gasteiger charge is -2.17. The Bertz CT molecular complexity index is 952. The number of nitrogens with zero attached hydrogens (tertiary/aromatic N) is 2. The molecule has 0 saturated carbocycles. The standard InChI is InChI=1S/C21H22N4O3/c1-27-17-8-6-15(7-9-17)19-12-24-20(28-19)13-23-18-5-3-2-4-16(18)14-25-11-10-22-21(25)26/h2-9,12,23H,10-11,13-14H2,1H3,(H,22,26).